The van der Waals surface area contributed by atoms with Gasteiger partial charge in [-0.2, -0.15) is 0 Å². The zero-order valence-electron chi connectivity index (χ0n) is 21.3. The lowest BCUT2D eigenvalue weighted by Crippen LogP contribution is -2.51. The van der Waals surface area contributed by atoms with Crippen molar-refractivity contribution in [2.24, 2.45) is 11.8 Å². The summed E-state index contributed by atoms with van der Waals surface area (Å²) < 4.78 is 31.9. The van der Waals surface area contributed by atoms with E-state index in [1.165, 1.54) is 0 Å². The van der Waals surface area contributed by atoms with Crippen molar-refractivity contribution in [3.63, 3.8) is 0 Å². The van der Waals surface area contributed by atoms with Gasteiger partial charge in [-0.1, -0.05) is 44.2 Å². The molecule has 4 N–H and O–H groups in total. The maximum Gasteiger partial charge on any atom is 0.407 e. The highest BCUT2D eigenvalue weighted by Gasteiger charge is 2.44. The van der Waals surface area contributed by atoms with Gasteiger partial charge in [0.15, 0.2) is 11.2 Å². The summed E-state index contributed by atoms with van der Waals surface area (Å²) in [6.45, 7) is 5.53. The fraction of sp³-hybridized carbons (Fsp3) is 0.519. The number of amides is 1. The lowest BCUT2D eigenvalue weighted by molar-refractivity contribution is -0.0907. The number of benzene rings is 2. The lowest BCUT2D eigenvalue weighted by Gasteiger charge is -2.31. The number of alkyl carbamates (subject to hydrolysis) is 1. The Morgan fingerprint density at radius 1 is 1.19 bits per heavy atom. The lowest BCUT2D eigenvalue weighted by atomic mass is 10.0. The molecule has 0 spiro atoms. The van der Waals surface area contributed by atoms with Crippen molar-refractivity contribution >= 4 is 23.1 Å². The molecule has 37 heavy (non-hydrogen) atoms. The third-order valence-electron chi connectivity index (χ3n) is 6.59. The Bertz CT molecular complexity index is 995. The quantitative estimate of drug-likeness (QED) is 0.298. The fourth-order valence-corrected chi connectivity index (χ4v) is 6.10. The summed E-state index contributed by atoms with van der Waals surface area (Å²) in [5.41, 5.74) is 7.33. The normalized spacial score (nSPS) is 23.6. The van der Waals surface area contributed by atoms with Crippen molar-refractivity contribution in [1.82, 2.24) is 9.62 Å². The van der Waals surface area contributed by atoms with Crippen LogP contribution in [0.5, 0.6) is 0 Å². The number of nitrogens with one attached hydrogen (secondary N) is 1. The zero-order chi connectivity index (χ0) is 26.4. The first kappa shape index (κ1) is 27.7. The Hall–Kier alpha value is -2.34. The summed E-state index contributed by atoms with van der Waals surface area (Å²) in [5, 5.41) is 14.2. The van der Waals surface area contributed by atoms with Crippen molar-refractivity contribution in [3.05, 3.63) is 60.2 Å². The van der Waals surface area contributed by atoms with E-state index >= 15 is 0 Å². The number of aliphatic hydroxyl groups is 1. The molecule has 2 aliphatic rings. The van der Waals surface area contributed by atoms with Crippen molar-refractivity contribution in [2.75, 3.05) is 32.0 Å². The molecule has 1 unspecified atom stereocenters. The summed E-state index contributed by atoms with van der Waals surface area (Å²) in [6, 6.07) is 15.8. The number of rotatable bonds is 11. The highest BCUT2D eigenvalue weighted by molar-refractivity contribution is 7.89. The van der Waals surface area contributed by atoms with Gasteiger partial charge < -0.3 is 34.9 Å². The molecule has 2 aliphatic heterocycles. The van der Waals surface area contributed by atoms with Crippen LogP contribution in [0.2, 0.25) is 0 Å². The third kappa shape index (κ3) is 7.59. The zero-order valence-corrected chi connectivity index (χ0v) is 22.1. The molecule has 202 valence electrons. The van der Waals surface area contributed by atoms with Gasteiger partial charge in [-0.05, 0) is 48.6 Å². The van der Waals surface area contributed by atoms with E-state index in [4.69, 9.17) is 19.9 Å². The van der Waals surface area contributed by atoms with E-state index in [2.05, 4.69) is 5.32 Å². The summed E-state index contributed by atoms with van der Waals surface area (Å²) in [7, 11) is 0. The minimum absolute atomic E-state index is 0.0205. The number of fused-ring (bicyclic) bond motifs is 1. The molecule has 10 heteroatoms. The van der Waals surface area contributed by atoms with Crippen molar-refractivity contribution in [3.8, 4) is 0 Å². The predicted molar refractivity (Wildman–Crippen MR) is 141 cm³/mol. The van der Waals surface area contributed by atoms with E-state index < -0.39 is 35.7 Å². The average molecular weight is 532 g/mol. The molecule has 0 aliphatic carbocycles. The number of nitrogens with two attached hydrogens (primary N) is 1. The second-order valence-corrected chi connectivity index (χ2v) is 11.5. The van der Waals surface area contributed by atoms with Crippen LogP contribution in [0.25, 0.3) is 0 Å². The van der Waals surface area contributed by atoms with Crippen LogP contribution in [-0.4, -0.2) is 70.9 Å². The molecular weight excluding hydrogens is 494 g/mol. The number of anilines is 1. The number of ether oxygens (including phenoxy) is 3. The second kappa shape index (κ2) is 12.9. The Kier molecular flexibility index (Phi) is 9.69. The van der Waals surface area contributed by atoms with Crippen LogP contribution >= 0.6 is 0 Å². The van der Waals surface area contributed by atoms with Gasteiger partial charge in [0.1, 0.15) is 6.10 Å². The van der Waals surface area contributed by atoms with Crippen LogP contribution < -0.4 is 11.1 Å². The molecule has 0 saturated carbocycles. The second-order valence-electron chi connectivity index (χ2n) is 10.0. The van der Waals surface area contributed by atoms with Crippen LogP contribution in [0, 0.1) is 11.8 Å². The molecule has 9 nitrogen and oxygen atoms in total. The van der Waals surface area contributed by atoms with Gasteiger partial charge in [0, 0.05) is 12.2 Å². The van der Waals surface area contributed by atoms with Gasteiger partial charge in [0.2, 0.25) is 0 Å². The van der Waals surface area contributed by atoms with E-state index in [-0.39, 0.29) is 31.3 Å². The van der Waals surface area contributed by atoms with Gasteiger partial charge in [0.25, 0.3) is 0 Å². The van der Waals surface area contributed by atoms with Crippen molar-refractivity contribution < 1.29 is 28.7 Å². The van der Waals surface area contributed by atoms with Crippen LogP contribution in [0.1, 0.15) is 25.8 Å². The highest BCUT2D eigenvalue weighted by Crippen LogP contribution is 2.33. The molecule has 6 atom stereocenters. The Morgan fingerprint density at radius 3 is 2.62 bits per heavy atom. The first-order chi connectivity index (χ1) is 17.8. The largest absolute Gasteiger partial charge is 0.593 e. The smallest absolute Gasteiger partial charge is 0.407 e. The Balaban J connectivity index is 1.46. The van der Waals surface area contributed by atoms with Crippen molar-refractivity contribution in [2.45, 2.75) is 56.1 Å². The monoisotopic (exact) mass is 531 g/mol. The van der Waals surface area contributed by atoms with Gasteiger partial charge in [0.05, 0.1) is 49.2 Å². The predicted octanol–water partition coefficient (Wildman–Crippen LogP) is 2.71. The number of hydrogen-bond acceptors (Lipinski definition) is 8. The van der Waals surface area contributed by atoms with Gasteiger partial charge in [-0.25, -0.2) is 4.79 Å². The molecule has 0 radical (unpaired) electrons. The molecule has 2 saturated heterocycles. The van der Waals surface area contributed by atoms with Crippen LogP contribution in [0.3, 0.4) is 0 Å². The summed E-state index contributed by atoms with van der Waals surface area (Å²) in [5.74, 6) is 0.228. The van der Waals surface area contributed by atoms with E-state index in [1.54, 1.807) is 28.6 Å². The van der Waals surface area contributed by atoms with E-state index in [9.17, 15) is 14.5 Å². The number of aliphatic hydroxyl groups excluding tert-OH is 1. The van der Waals surface area contributed by atoms with Crippen LogP contribution in [0.4, 0.5) is 10.5 Å². The fourth-order valence-electron chi connectivity index (χ4n) is 4.71. The number of carbonyl (C=O) groups is 1. The molecule has 2 aromatic rings. The van der Waals surface area contributed by atoms with Crippen molar-refractivity contribution in [1.29, 1.82) is 0 Å². The first-order valence-corrected chi connectivity index (χ1v) is 13.9. The van der Waals surface area contributed by atoms with E-state index in [0.717, 1.165) is 12.0 Å². The average Bonchev–Trinajstić information content (AvgIpc) is 3.49. The molecule has 2 aromatic carbocycles. The SMILES string of the molecule is CC(C)CN(C[C@@H](O)[C@H](Cc1ccccc1)NC(=O)O[C@H]1CO[C@H]2OCC[C@H]21)[S+]([O-])c1ccc(N)cc1. The maximum absolute atomic E-state index is 13.4. The van der Waals surface area contributed by atoms with Crippen LogP contribution in [0.15, 0.2) is 59.5 Å². The maximum atomic E-state index is 13.4. The minimum Gasteiger partial charge on any atom is -0.593 e. The minimum atomic E-state index is -1.51. The molecular formula is C27H37N3O6S. The highest BCUT2D eigenvalue weighted by atomic mass is 32.2. The molecule has 2 fully saturated rings. The number of nitrogens with zero attached hydrogens (tertiary/aromatic N) is 1. The van der Waals surface area contributed by atoms with Gasteiger partial charge in [-0.15, -0.1) is 4.31 Å². The Labute approximate surface area is 221 Å². The molecule has 0 aromatic heterocycles. The van der Waals surface area contributed by atoms with Gasteiger partial charge >= 0.3 is 6.09 Å². The number of hydrogen-bond donors (Lipinski definition) is 3. The van der Waals surface area contributed by atoms with Gasteiger partial charge in [-0.3, -0.25) is 0 Å². The van der Waals surface area contributed by atoms with E-state index in [0.29, 0.717) is 30.2 Å². The molecule has 1 amide bonds. The standard InChI is InChI=1S/C27H37N3O6S/c1-18(2)15-30(37(33)21-10-8-20(28)9-11-21)16-24(31)23(14-19-6-4-3-5-7-19)29-27(32)36-25-17-35-26-22(25)12-13-34-26/h3-11,18,22-26,31H,12-17,28H2,1-2H3,(H,29,32)/t22-,23-,24+,25-,26+,37?/m0/s1. The topological polar surface area (TPSA) is 129 Å². The van der Waals surface area contributed by atoms with E-state index in [1.807, 2.05) is 44.2 Å². The summed E-state index contributed by atoms with van der Waals surface area (Å²) in [4.78, 5) is 13.5. The summed E-state index contributed by atoms with van der Waals surface area (Å²) >= 11 is -1.51. The summed E-state index contributed by atoms with van der Waals surface area (Å²) in [6.07, 6.45) is -1.17. The molecule has 0 bridgehead atoms. The third-order valence-corrected chi connectivity index (χ3v) is 8.03. The molecule has 2 heterocycles. The Morgan fingerprint density at radius 2 is 1.92 bits per heavy atom. The first-order valence-electron chi connectivity index (χ1n) is 12.7. The molecule has 4 rings (SSSR count). The number of carbonyl (C=O) groups excluding carboxylic acids is 1. The van der Waals surface area contributed by atoms with Crippen LogP contribution in [-0.2, 0) is 32.0 Å². The number of nitrogen functional groups attached to an aromatic ring is 1.